The molecule has 1 nitrogen and oxygen atoms in total. The maximum absolute atomic E-state index is 10.8. The number of carbonyl (C=O) groups excluding carboxylic acids is 1. The molecule has 0 bridgehead atoms. The number of thiol groups is 1. The number of hydrogen-bond acceptors (Lipinski definition) is 2. The third-order valence-corrected chi connectivity index (χ3v) is 3.59. The Morgan fingerprint density at radius 3 is 2.36 bits per heavy atom. The molecule has 0 spiro atoms. The van der Waals surface area contributed by atoms with Crippen molar-refractivity contribution < 1.29 is 4.79 Å². The van der Waals surface area contributed by atoms with Crippen molar-refractivity contribution in [3.8, 4) is 0 Å². The second kappa shape index (κ2) is 5.59. The van der Waals surface area contributed by atoms with Crippen molar-refractivity contribution in [1.29, 1.82) is 0 Å². The molecule has 0 N–H and O–H groups in total. The van der Waals surface area contributed by atoms with E-state index in [1.807, 2.05) is 0 Å². The lowest BCUT2D eigenvalue weighted by Crippen LogP contribution is -2.16. The van der Waals surface area contributed by atoms with Crippen molar-refractivity contribution in [2.75, 3.05) is 0 Å². The number of hydrogen-bond donors (Lipinski definition) is 1. The zero-order valence-electron chi connectivity index (χ0n) is 8.96. The van der Waals surface area contributed by atoms with Gasteiger partial charge in [0.2, 0.25) is 0 Å². The van der Waals surface area contributed by atoms with E-state index < -0.39 is 0 Å². The summed E-state index contributed by atoms with van der Waals surface area (Å²) in [5, 5.41) is 0.590. The molecule has 0 aromatic heterocycles. The summed E-state index contributed by atoms with van der Waals surface area (Å²) in [5.74, 6) is 0.923. The molecule has 0 amide bonds. The lowest BCUT2D eigenvalue weighted by Gasteiger charge is -2.27. The molecular weight excluding hydrogens is 192 g/mol. The van der Waals surface area contributed by atoms with Crippen molar-refractivity contribution in [3.63, 3.8) is 0 Å². The van der Waals surface area contributed by atoms with Gasteiger partial charge in [-0.3, -0.25) is 0 Å². The lowest BCUT2D eigenvalue weighted by molar-refractivity contribution is -0.117. The molecule has 1 aliphatic carbocycles. The average Bonchev–Trinajstić information content (AvgIpc) is 2.15. The second-order valence-corrected chi connectivity index (χ2v) is 5.10. The van der Waals surface area contributed by atoms with Gasteiger partial charge in [-0.05, 0) is 44.9 Å². The summed E-state index contributed by atoms with van der Waals surface area (Å²) < 4.78 is 0. The maximum Gasteiger partial charge on any atom is 0.130 e. The molecule has 2 heteroatoms. The van der Waals surface area contributed by atoms with E-state index in [1.165, 1.54) is 31.3 Å². The van der Waals surface area contributed by atoms with Gasteiger partial charge in [0.1, 0.15) is 5.78 Å². The predicted molar refractivity (Wildman–Crippen MR) is 63.8 cm³/mol. The van der Waals surface area contributed by atoms with E-state index in [4.69, 9.17) is 0 Å². The van der Waals surface area contributed by atoms with E-state index in [0.29, 0.717) is 17.6 Å². The van der Waals surface area contributed by atoms with Gasteiger partial charge in [-0.1, -0.05) is 12.2 Å². The second-order valence-electron chi connectivity index (χ2n) is 4.37. The van der Waals surface area contributed by atoms with Crippen LogP contribution in [0.3, 0.4) is 0 Å². The van der Waals surface area contributed by atoms with E-state index in [-0.39, 0.29) is 5.78 Å². The molecule has 1 fully saturated rings. The first-order valence-corrected chi connectivity index (χ1v) is 5.96. The van der Waals surface area contributed by atoms with Gasteiger partial charge in [0.05, 0.1) is 0 Å². The number of Topliss-reactive ketones (excluding diaryl/α,β-unsaturated/α-hetero) is 1. The monoisotopic (exact) mass is 212 g/mol. The third-order valence-electron chi connectivity index (χ3n) is 3.07. The lowest BCUT2D eigenvalue weighted by atomic mass is 9.82. The Labute approximate surface area is 92.4 Å². The van der Waals surface area contributed by atoms with Crippen LogP contribution in [0.1, 0.15) is 45.4 Å². The van der Waals surface area contributed by atoms with Crippen LogP contribution in [-0.4, -0.2) is 11.0 Å². The van der Waals surface area contributed by atoms with Crippen molar-refractivity contribution in [1.82, 2.24) is 0 Å². The fourth-order valence-corrected chi connectivity index (χ4v) is 2.32. The highest BCUT2D eigenvalue weighted by atomic mass is 32.1. The smallest absolute Gasteiger partial charge is 0.130 e. The first-order valence-electron chi connectivity index (χ1n) is 5.44. The van der Waals surface area contributed by atoms with Crippen LogP contribution >= 0.6 is 12.6 Å². The van der Waals surface area contributed by atoms with Crippen LogP contribution < -0.4 is 0 Å². The molecule has 1 saturated carbocycles. The summed E-state index contributed by atoms with van der Waals surface area (Å²) in [4.78, 5) is 10.8. The van der Waals surface area contributed by atoms with Gasteiger partial charge in [-0.25, -0.2) is 0 Å². The summed E-state index contributed by atoms with van der Waals surface area (Å²) in [6.45, 7) is 5.75. The highest BCUT2D eigenvalue weighted by Gasteiger charge is 2.20. The summed E-state index contributed by atoms with van der Waals surface area (Å²) >= 11 is 4.47. The molecule has 0 heterocycles. The molecule has 80 valence electrons. The van der Waals surface area contributed by atoms with E-state index in [2.05, 4.69) is 19.2 Å². The zero-order valence-corrected chi connectivity index (χ0v) is 9.85. The van der Waals surface area contributed by atoms with E-state index in [9.17, 15) is 4.79 Å². The minimum absolute atomic E-state index is 0.272. The maximum atomic E-state index is 10.8. The standard InChI is InChI=1S/C12H20OS/c1-9(3-4-10(2)13)11-5-7-12(14)8-6-11/h11-12,14H,1,3-8H2,2H3. The first-order chi connectivity index (χ1) is 6.59. The Morgan fingerprint density at radius 2 is 1.86 bits per heavy atom. The number of rotatable bonds is 4. The van der Waals surface area contributed by atoms with Crippen molar-refractivity contribution in [2.45, 2.75) is 50.7 Å². The molecule has 0 aliphatic heterocycles. The van der Waals surface area contributed by atoms with Gasteiger partial charge in [0.15, 0.2) is 0 Å². The topological polar surface area (TPSA) is 17.1 Å². The minimum Gasteiger partial charge on any atom is -0.300 e. The molecule has 1 aliphatic rings. The molecule has 0 aromatic rings. The minimum atomic E-state index is 0.272. The largest absolute Gasteiger partial charge is 0.300 e. The quantitative estimate of drug-likeness (QED) is 0.558. The van der Waals surface area contributed by atoms with Gasteiger partial charge in [0, 0.05) is 11.7 Å². The normalized spacial score (nSPS) is 27.3. The van der Waals surface area contributed by atoms with Crippen molar-refractivity contribution in [3.05, 3.63) is 12.2 Å². The zero-order chi connectivity index (χ0) is 10.6. The Morgan fingerprint density at radius 1 is 1.29 bits per heavy atom. The van der Waals surface area contributed by atoms with Gasteiger partial charge in [-0.2, -0.15) is 12.6 Å². The van der Waals surface area contributed by atoms with Crippen molar-refractivity contribution in [2.24, 2.45) is 5.92 Å². The number of carbonyl (C=O) groups is 1. The molecule has 0 unspecified atom stereocenters. The molecule has 0 saturated heterocycles. The van der Waals surface area contributed by atoms with Gasteiger partial charge in [0.25, 0.3) is 0 Å². The van der Waals surface area contributed by atoms with Crippen LogP contribution in [0.5, 0.6) is 0 Å². The number of ketones is 1. The van der Waals surface area contributed by atoms with Gasteiger partial charge in [-0.15, -0.1) is 0 Å². The molecule has 14 heavy (non-hydrogen) atoms. The van der Waals surface area contributed by atoms with Gasteiger partial charge < -0.3 is 4.79 Å². The van der Waals surface area contributed by atoms with Crippen LogP contribution in [0, 0.1) is 5.92 Å². The van der Waals surface area contributed by atoms with Gasteiger partial charge >= 0.3 is 0 Å². The van der Waals surface area contributed by atoms with Crippen LogP contribution in [0.25, 0.3) is 0 Å². The molecule has 1 rings (SSSR count). The molecular formula is C12H20OS. The highest BCUT2D eigenvalue weighted by molar-refractivity contribution is 7.80. The van der Waals surface area contributed by atoms with Crippen LogP contribution in [0.2, 0.25) is 0 Å². The van der Waals surface area contributed by atoms with Crippen LogP contribution in [0.4, 0.5) is 0 Å². The Balaban J connectivity index is 2.27. The third kappa shape index (κ3) is 3.87. The van der Waals surface area contributed by atoms with E-state index in [0.717, 1.165) is 6.42 Å². The van der Waals surface area contributed by atoms with Crippen LogP contribution in [-0.2, 0) is 4.79 Å². The summed E-state index contributed by atoms with van der Waals surface area (Å²) in [7, 11) is 0. The highest BCUT2D eigenvalue weighted by Crippen LogP contribution is 2.33. The Hall–Kier alpha value is -0.240. The van der Waals surface area contributed by atoms with E-state index >= 15 is 0 Å². The first kappa shape index (κ1) is 11.8. The SMILES string of the molecule is C=C(CCC(C)=O)C1CCC(S)CC1. The average molecular weight is 212 g/mol. The molecule has 0 radical (unpaired) electrons. The van der Waals surface area contributed by atoms with E-state index in [1.54, 1.807) is 6.92 Å². The van der Waals surface area contributed by atoms with Crippen molar-refractivity contribution >= 4 is 18.4 Å². The molecule has 0 atom stereocenters. The van der Waals surface area contributed by atoms with Crippen LogP contribution in [0.15, 0.2) is 12.2 Å². The fraction of sp³-hybridized carbons (Fsp3) is 0.750. The Kier molecular flexibility index (Phi) is 4.73. The summed E-state index contributed by atoms with van der Waals surface area (Å²) in [6.07, 6.45) is 6.38. The summed E-state index contributed by atoms with van der Waals surface area (Å²) in [5.41, 5.74) is 1.28. The molecule has 0 aromatic carbocycles. The summed E-state index contributed by atoms with van der Waals surface area (Å²) in [6, 6.07) is 0. The predicted octanol–water partition coefficient (Wildman–Crippen LogP) is 3.40. The number of allylic oxidation sites excluding steroid dienone is 1. The Bertz CT molecular complexity index is 214. The fourth-order valence-electron chi connectivity index (χ4n) is 2.02.